The van der Waals surface area contributed by atoms with Crippen molar-refractivity contribution in [2.75, 3.05) is 19.5 Å². The molecule has 0 saturated carbocycles. The van der Waals surface area contributed by atoms with Gasteiger partial charge in [0, 0.05) is 23.4 Å². The molecule has 0 saturated heterocycles. The van der Waals surface area contributed by atoms with Crippen molar-refractivity contribution in [1.82, 2.24) is 5.32 Å². The molecule has 1 aliphatic heterocycles. The van der Waals surface area contributed by atoms with Crippen molar-refractivity contribution in [3.05, 3.63) is 52.1 Å². The standard InChI is InChI=1S/C18H19N3O5S/c1-25-14-7-3-11(9-15(14)26-2)4-8-17(22)20-18-19-13-6-5-12(21(23)24)10-16(13)27-18/h3,5-7,9-10,18-19H,4,8H2,1-2H3,(H,20,22). The van der Waals surface area contributed by atoms with E-state index >= 15 is 0 Å². The molecule has 0 radical (unpaired) electrons. The van der Waals surface area contributed by atoms with Crippen molar-refractivity contribution in [3.63, 3.8) is 0 Å². The van der Waals surface area contributed by atoms with Gasteiger partial charge in [0.05, 0.1) is 24.8 Å². The third-order valence-electron chi connectivity index (χ3n) is 4.09. The molecule has 8 nitrogen and oxygen atoms in total. The Labute approximate surface area is 160 Å². The van der Waals surface area contributed by atoms with Crippen LogP contribution >= 0.6 is 11.8 Å². The van der Waals surface area contributed by atoms with E-state index in [0.29, 0.717) is 24.3 Å². The van der Waals surface area contributed by atoms with Crippen LogP contribution in [0.5, 0.6) is 11.5 Å². The fourth-order valence-electron chi connectivity index (χ4n) is 2.72. The maximum Gasteiger partial charge on any atom is 0.270 e. The lowest BCUT2D eigenvalue weighted by Crippen LogP contribution is -2.35. The highest BCUT2D eigenvalue weighted by molar-refractivity contribution is 8.00. The topological polar surface area (TPSA) is 103 Å². The number of benzene rings is 2. The lowest BCUT2D eigenvalue weighted by molar-refractivity contribution is -0.385. The second kappa shape index (κ2) is 8.17. The number of hydrogen-bond donors (Lipinski definition) is 2. The number of thioether (sulfide) groups is 1. The molecule has 1 amide bonds. The number of nitrogens with zero attached hydrogens (tertiary/aromatic N) is 1. The van der Waals surface area contributed by atoms with E-state index in [1.165, 1.54) is 23.9 Å². The average molecular weight is 389 g/mol. The smallest absolute Gasteiger partial charge is 0.270 e. The van der Waals surface area contributed by atoms with Crippen LogP contribution in [0.4, 0.5) is 11.4 Å². The van der Waals surface area contributed by atoms with E-state index in [1.807, 2.05) is 18.2 Å². The first-order valence-corrected chi connectivity index (χ1v) is 9.10. The van der Waals surface area contributed by atoms with Crippen molar-refractivity contribution < 1.29 is 19.2 Å². The number of nitrogens with one attached hydrogen (secondary N) is 2. The quantitative estimate of drug-likeness (QED) is 0.554. The first-order chi connectivity index (χ1) is 13.0. The molecule has 2 N–H and O–H groups in total. The van der Waals surface area contributed by atoms with Crippen LogP contribution in [-0.2, 0) is 11.2 Å². The zero-order valence-corrected chi connectivity index (χ0v) is 15.7. The Balaban J connectivity index is 1.54. The Hall–Kier alpha value is -2.94. The van der Waals surface area contributed by atoms with E-state index in [4.69, 9.17) is 9.47 Å². The predicted octanol–water partition coefficient (Wildman–Crippen LogP) is 3.16. The number of non-ortho nitro benzene ring substituents is 1. The van der Waals surface area contributed by atoms with Crippen LogP contribution in [0.3, 0.4) is 0 Å². The van der Waals surface area contributed by atoms with Gasteiger partial charge in [0.25, 0.3) is 5.69 Å². The van der Waals surface area contributed by atoms with Gasteiger partial charge in [-0.25, -0.2) is 0 Å². The number of hydrogen-bond acceptors (Lipinski definition) is 7. The zero-order chi connectivity index (χ0) is 19.4. The molecular formula is C18H19N3O5S. The van der Waals surface area contributed by atoms with E-state index < -0.39 is 4.92 Å². The van der Waals surface area contributed by atoms with Crippen LogP contribution < -0.4 is 20.1 Å². The summed E-state index contributed by atoms with van der Waals surface area (Å²) < 4.78 is 10.5. The minimum absolute atomic E-state index is 0.0310. The molecule has 1 heterocycles. The van der Waals surface area contributed by atoms with Crippen LogP contribution in [0.2, 0.25) is 0 Å². The van der Waals surface area contributed by atoms with E-state index in [1.54, 1.807) is 20.3 Å². The predicted molar refractivity (Wildman–Crippen MR) is 102 cm³/mol. The first-order valence-electron chi connectivity index (χ1n) is 8.22. The summed E-state index contributed by atoms with van der Waals surface area (Å²) in [6.07, 6.45) is 0.868. The summed E-state index contributed by atoms with van der Waals surface area (Å²) in [5, 5.41) is 16.9. The fraction of sp³-hybridized carbons (Fsp3) is 0.278. The van der Waals surface area contributed by atoms with Crippen LogP contribution in [0.1, 0.15) is 12.0 Å². The van der Waals surface area contributed by atoms with Crippen LogP contribution in [0, 0.1) is 10.1 Å². The summed E-state index contributed by atoms with van der Waals surface area (Å²) >= 11 is 1.34. The third-order valence-corrected chi connectivity index (χ3v) is 5.15. The van der Waals surface area contributed by atoms with Crippen LogP contribution in [0.25, 0.3) is 0 Å². The van der Waals surface area contributed by atoms with Crippen LogP contribution in [0.15, 0.2) is 41.3 Å². The van der Waals surface area contributed by atoms with E-state index in [0.717, 1.165) is 16.1 Å². The highest BCUT2D eigenvalue weighted by Crippen LogP contribution is 2.39. The normalized spacial score (nSPS) is 14.8. The number of ether oxygens (including phenoxy) is 2. The number of carbonyl (C=O) groups is 1. The molecular weight excluding hydrogens is 370 g/mol. The molecule has 27 heavy (non-hydrogen) atoms. The van der Waals surface area contributed by atoms with Gasteiger partial charge >= 0.3 is 0 Å². The van der Waals surface area contributed by atoms with Gasteiger partial charge in [-0.3, -0.25) is 14.9 Å². The minimum Gasteiger partial charge on any atom is -0.493 e. The summed E-state index contributed by atoms with van der Waals surface area (Å²) in [4.78, 5) is 23.4. The molecule has 1 unspecified atom stereocenters. The lowest BCUT2D eigenvalue weighted by Gasteiger charge is -2.13. The molecule has 0 aliphatic carbocycles. The molecule has 0 fully saturated rings. The fourth-order valence-corrected chi connectivity index (χ4v) is 3.79. The number of anilines is 1. The molecule has 2 aromatic rings. The number of amides is 1. The van der Waals surface area contributed by atoms with Gasteiger partial charge in [-0.05, 0) is 30.2 Å². The van der Waals surface area contributed by atoms with Gasteiger partial charge in [-0.2, -0.15) is 0 Å². The third kappa shape index (κ3) is 4.43. The van der Waals surface area contributed by atoms with Gasteiger partial charge in [0.15, 0.2) is 17.0 Å². The summed E-state index contributed by atoms with van der Waals surface area (Å²) in [5.74, 6) is 1.15. The molecule has 1 aliphatic rings. The van der Waals surface area contributed by atoms with Crippen molar-refractivity contribution in [3.8, 4) is 11.5 Å². The average Bonchev–Trinajstić information content (AvgIpc) is 3.07. The maximum absolute atomic E-state index is 12.2. The van der Waals surface area contributed by atoms with Gasteiger partial charge in [0.1, 0.15) is 0 Å². The second-order valence-corrected chi connectivity index (χ2v) is 6.98. The Morgan fingerprint density at radius 2 is 2.00 bits per heavy atom. The number of methoxy groups -OCH3 is 2. The largest absolute Gasteiger partial charge is 0.493 e. The van der Waals surface area contributed by atoms with Gasteiger partial charge in [-0.15, -0.1) is 0 Å². The molecule has 0 bridgehead atoms. The molecule has 0 spiro atoms. The Bertz CT molecular complexity index is 874. The first kappa shape index (κ1) is 18.8. The highest BCUT2D eigenvalue weighted by Gasteiger charge is 2.24. The van der Waals surface area contributed by atoms with E-state index in [9.17, 15) is 14.9 Å². The molecule has 0 aromatic heterocycles. The van der Waals surface area contributed by atoms with E-state index in [-0.39, 0.29) is 17.1 Å². The number of aryl methyl sites for hydroxylation is 1. The highest BCUT2D eigenvalue weighted by atomic mass is 32.2. The monoisotopic (exact) mass is 389 g/mol. The summed E-state index contributed by atoms with van der Waals surface area (Å²) in [6, 6.07) is 10.1. The van der Waals surface area contributed by atoms with E-state index in [2.05, 4.69) is 10.6 Å². The van der Waals surface area contributed by atoms with Gasteiger partial charge < -0.3 is 20.1 Å². The number of nitro benzene ring substituents is 1. The molecule has 3 rings (SSSR count). The Kier molecular flexibility index (Phi) is 5.70. The van der Waals surface area contributed by atoms with Crippen molar-refractivity contribution in [2.24, 2.45) is 0 Å². The van der Waals surface area contributed by atoms with Crippen molar-refractivity contribution in [2.45, 2.75) is 23.2 Å². The summed E-state index contributed by atoms with van der Waals surface area (Å²) in [5.41, 5.74) is 1.42. The second-order valence-electron chi connectivity index (χ2n) is 5.84. The summed E-state index contributed by atoms with van der Waals surface area (Å²) in [7, 11) is 3.14. The number of rotatable bonds is 7. The number of carbonyl (C=O) groups excluding carboxylic acids is 1. The van der Waals surface area contributed by atoms with Crippen LogP contribution in [-0.4, -0.2) is 30.5 Å². The summed E-state index contributed by atoms with van der Waals surface area (Å²) in [6.45, 7) is 0. The van der Waals surface area contributed by atoms with Crippen molar-refractivity contribution >= 4 is 29.0 Å². The maximum atomic E-state index is 12.2. The Morgan fingerprint density at radius 3 is 2.70 bits per heavy atom. The van der Waals surface area contributed by atoms with Gasteiger partial charge in [-0.1, -0.05) is 17.8 Å². The molecule has 1 atom stereocenters. The zero-order valence-electron chi connectivity index (χ0n) is 14.9. The molecule has 9 heteroatoms. The van der Waals surface area contributed by atoms with Crippen molar-refractivity contribution in [1.29, 1.82) is 0 Å². The molecule has 2 aromatic carbocycles. The number of nitro groups is 1. The molecule has 142 valence electrons. The lowest BCUT2D eigenvalue weighted by atomic mass is 10.1. The van der Waals surface area contributed by atoms with Gasteiger partial charge in [0.2, 0.25) is 5.91 Å². The number of fused-ring (bicyclic) bond motifs is 1. The minimum atomic E-state index is -0.435. The Morgan fingerprint density at radius 1 is 1.22 bits per heavy atom. The SMILES string of the molecule is COc1ccc(CCC(=O)NC2Nc3ccc([N+](=O)[O-])cc3S2)cc1OC.